The SMILES string of the molecule is CCNC(=O)CC1=CSC2=NC(C)=C(C(=O)OCc3ccccc3)[C@H](c3cccc(Oc4ccccc4)c3)N12. The first-order valence-electron chi connectivity index (χ1n) is 12.8. The van der Waals surface area contributed by atoms with Crippen molar-refractivity contribution in [1.29, 1.82) is 0 Å². The second kappa shape index (κ2) is 12.0. The third-order valence-electron chi connectivity index (χ3n) is 6.30. The molecule has 1 amide bonds. The summed E-state index contributed by atoms with van der Waals surface area (Å²) in [6, 6.07) is 26.2. The number of carbonyl (C=O) groups excluding carboxylic acids is 2. The molecule has 2 aliphatic heterocycles. The minimum atomic E-state index is -0.546. The second-order valence-corrected chi connectivity index (χ2v) is 9.91. The van der Waals surface area contributed by atoms with E-state index in [2.05, 4.69) is 5.32 Å². The van der Waals surface area contributed by atoms with E-state index in [0.717, 1.165) is 16.8 Å². The molecule has 2 aliphatic rings. The van der Waals surface area contributed by atoms with E-state index in [-0.39, 0.29) is 18.9 Å². The van der Waals surface area contributed by atoms with E-state index in [1.807, 2.05) is 109 Å². The second-order valence-electron chi connectivity index (χ2n) is 9.07. The minimum Gasteiger partial charge on any atom is -0.457 e. The maximum Gasteiger partial charge on any atom is 0.338 e. The van der Waals surface area contributed by atoms with Crippen LogP contribution in [0.25, 0.3) is 0 Å². The first kappa shape index (κ1) is 26.3. The molecule has 39 heavy (non-hydrogen) atoms. The number of thioether (sulfide) groups is 1. The number of fused-ring (bicyclic) bond motifs is 1. The molecule has 0 aromatic heterocycles. The zero-order valence-electron chi connectivity index (χ0n) is 21.8. The highest BCUT2D eigenvalue weighted by Gasteiger charge is 2.41. The van der Waals surface area contributed by atoms with Crippen LogP contribution in [0.15, 0.2) is 112 Å². The molecule has 8 heteroatoms. The third kappa shape index (κ3) is 6.07. The van der Waals surface area contributed by atoms with Crippen LogP contribution in [-0.4, -0.2) is 28.5 Å². The summed E-state index contributed by atoms with van der Waals surface area (Å²) in [6.07, 6.45) is 0.169. The number of allylic oxidation sites excluding steroid dienone is 1. The Kier molecular flexibility index (Phi) is 8.13. The van der Waals surface area contributed by atoms with E-state index in [4.69, 9.17) is 14.5 Å². The molecule has 0 spiro atoms. The van der Waals surface area contributed by atoms with Crippen molar-refractivity contribution in [1.82, 2.24) is 10.2 Å². The van der Waals surface area contributed by atoms with Crippen molar-refractivity contribution in [3.63, 3.8) is 0 Å². The summed E-state index contributed by atoms with van der Waals surface area (Å²) < 4.78 is 11.9. The molecule has 1 atom stereocenters. The number of amides is 1. The molecule has 198 valence electrons. The van der Waals surface area contributed by atoms with Crippen molar-refractivity contribution in [3.05, 3.63) is 118 Å². The zero-order chi connectivity index (χ0) is 27.2. The van der Waals surface area contributed by atoms with Gasteiger partial charge in [-0.05, 0) is 54.6 Å². The fourth-order valence-electron chi connectivity index (χ4n) is 4.54. The molecule has 0 unspecified atom stereocenters. The number of aliphatic imine (C=N–C) groups is 1. The highest BCUT2D eigenvalue weighted by Crippen LogP contribution is 2.45. The van der Waals surface area contributed by atoms with Gasteiger partial charge in [0.25, 0.3) is 0 Å². The predicted molar refractivity (Wildman–Crippen MR) is 153 cm³/mol. The van der Waals surface area contributed by atoms with Gasteiger partial charge in [-0.15, -0.1) is 0 Å². The van der Waals surface area contributed by atoms with Crippen molar-refractivity contribution in [2.75, 3.05) is 6.54 Å². The van der Waals surface area contributed by atoms with E-state index in [0.29, 0.717) is 34.5 Å². The summed E-state index contributed by atoms with van der Waals surface area (Å²) in [5.74, 6) is 0.805. The number of benzene rings is 3. The summed E-state index contributed by atoms with van der Waals surface area (Å²) in [5, 5.41) is 5.50. The first-order valence-corrected chi connectivity index (χ1v) is 13.7. The van der Waals surface area contributed by atoms with Crippen molar-refractivity contribution < 1.29 is 19.1 Å². The summed E-state index contributed by atoms with van der Waals surface area (Å²) in [4.78, 5) is 32.9. The molecule has 0 radical (unpaired) electrons. The molecular weight excluding hydrogens is 510 g/mol. The Labute approximate surface area is 232 Å². The number of esters is 1. The Morgan fingerprint density at radius 3 is 2.44 bits per heavy atom. The summed E-state index contributed by atoms with van der Waals surface area (Å²) in [5.41, 5.74) is 3.50. The lowest BCUT2D eigenvalue weighted by Crippen LogP contribution is -2.38. The molecule has 0 bridgehead atoms. The first-order chi connectivity index (χ1) is 19.0. The van der Waals surface area contributed by atoms with Gasteiger partial charge in [0, 0.05) is 12.2 Å². The molecule has 1 N–H and O–H groups in total. The molecular formula is C31H29N3O4S. The van der Waals surface area contributed by atoms with Crippen LogP contribution in [0.2, 0.25) is 0 Å². The van der Waals surface area contributed by atoms with Crippen molar-refractivity contribution >= 4 is 28.8 Å². The number of nitrogens with zero attached hydrogens (tertiary/aromatic N) is 2. The van der Waals surface area contributed by atoms with Gasteiger partial charge in [0.05, 0.1) is 23.7 Å². The van der Waals surface area contributed by atoms with E-state index in [1.165, 1.54) is 11.8 Å². The maximum atomic E-state index is 13.6. The van der Waals surface area contributed by atoms with Crippen LogP contribution in [0, 0.1) is 0 Å². The normalized spacial score (nSPS) is 16.3. The molecule has 0 aliphatic carbocycles. The van der Waals surface area contributed by atoms with Crippen LogP contribution >= 0.6 is 11.8 Å². The number of rotatable bonds is 9. The lowest BCUT2D eigenvalue weighted by atomic mass is 9.93. The number of amidine groups is 1. The van der Waals surface area contributed by atoms with Crippen LogP contribution in [0.5, 0.6) is 11.5 Å². The standard InChI is InChI=1S/C31H29N3O4S/c1-3-32-27(35)18-24-20-39-31-33-21(2)28(30(36)37-19-22-11-6-4-7-12-22)29(34(24)31)23-13-10-16-26(17-23)38-25-14-8-5-9-15-25/h4-17,20,29H,3,18-19H2,1-2H3,(H,32,35)/t29-/m0/s1. The maximum absolute atomic E-state index is 13.6. The zero-order valence-corrected chi connectivity index (χ0v) is 22.6. The summed E-state index contributed by atoms with van der Waals surface area (Å²) >= 11 is 1.44. The quantitative estimate of drug-likeness (QED) is 0.321. The number of carbonyl (C=O) groups is 2. The Morgan fingerprint density at radius 2 is 1.69 bits per heavy atom. The summed E-state index contributed by atoms with van der Waals surface area (Å²) in [7, 11) is 0. The van der Waals surface area contributed by atoms with Gasteiger partial charge >= 0.3 is 5.97 Å². The Morgan fingerprint density at radius 1 is 0.974 bits per heavy atom. The smallest absolute Gasteiger partial charge is 0.338 e. The Balaban J connectivity index is 1.51. The number of hydrogen-bond donors (Lipinski definition) is 1. The van der Waals surface area contributed by atoms with Gasteiger partial charge in [-0.3, -0.25) is 4.79 Å². The Bertz CT molecular complexity index is 1450. The lowest BCUT2D eigenvalue weighted by Gasteiger charge is -2.36. The van der Waals surface area contributed by atoms with E-state index < -0.39 is 12.0 Å². The molecule has 7 nitrogen and oxygen atoms in total. The van der Waals surface area contributed by atoms with Crippen LogP contribution in [0.4, 0.5) is 0 Å². The van der Waals surface area contributed by atoms with Crippen LogP contribution < -0.4 is 10.1 Å². The van der Waals surface area contributed by atoms with Gasteiger partial charge in [-0.1, -0.05) is 72.4 Å². The molecule has 3 aromatic carbocycles. The summed E-state index contributed by atoms with van der Waals surface area (Å²) in [6.45, 7) is 4.40. The van der Waals surface area contributed by atoms with Gasteiger partial charge < -0.3 is 19.7 Å². The van der Waals surface area contributed by atoms with Gasteiger partial charge in [0.2, 0.25) is 5.91 Å². The minimum absolute atomic E-state index is 0.0926. The van der Waals surface area contributed by atoms with Crippen molar-refractivity contribution in [2.45, 2.75) is 32.9 Å². The van der Waals surface area contributed by atoms with Gasteiger partial charge in [0.15, 0.2) is 5.17 Å². The molecule has 0 saturated carbocycles. The Hall–Kier alpha value is -4.30. The predicted octanol–water partition coefficient (Wildman–Crippen LogP) is 6.32. The van der Waals surface area contributed by atoms with Crippen molar-refractivity contribution in [3.8, 4) is 11.5 Å². The van der Waals surface area contributed by atoms with E-state index >= 15 is 0 Å². The number of nitrogens with one attached hydrogen (secondary N) is 1. The van der Waals surface area contributed by atoms with Crippen molar-refractivity contribution in [2.24, 2.45) is 4.99 Å². The van der Waals surface area contributed by atoms with Gasteiger partial charge in [-0.2, -0.15) is 0 Å². The average Bonchev–Trinajstić information content (AvgIpc) is 3.34. The third-order valence-corrected chi connectivity index (χ3v) is 7.19. The van der Waals surface area contributed by atoms with Gasteiger partial charge in [-0.25, -0.2) is 9.79 Å². The van der Waals surface area contributed by atoms with E-state index in [9.17, 15) is 9.59 Å². The molecule has 3 aromatic rings. The number of hydrogen-bond acceptors (Lipinski definition) is 7. The highest BCUT2D eigenvalue weighted by atomic mass is 32.2. The molecule has 2 heterocycles. The largest absolute Gasteiger partial charge is 0.457 e. The topological polar surface area (TPSA) is 80.2 Å². The van der Waals surface area contributed by atoms with Crippen LogP contribution in [-0.2, 0) is 20.9 Å². The molecule has 5 rings (SSSR count). The lowest BCUT2D eigenvalue weighted by molar-refractivity contribution is -0.141. The van der Waals surface area contributed by atoms with E-state index in [1.54, 1.807) is 0 Å². The molecule has 0 fully saturated rings. The fourth-order valence-corrected chi connectivity index (χ4v) is 5.51. The van der Waals surface area contributed by atoms with Gasteiger partial charge in [0.1, 0.15) is 18.1 Å². The highest BCUT2D eigenvalue weighted by molar-refractivity contribution is 8.16. The average molecular weight is 540 g/mol. The number of ether oxygens (including phenoxy) is 2. The van der Waals surface area contributed by atoms with Crippen LogP contribution in [0.3, 0.4) is 0 Å². The monoisotopic (exact) mass is 539 g/mol. The fraction of sp³-hybridized carbons (Fsp3) is 0.194. The molecule has 0 saturated heterocycles. The number of para-hydroxylation sites is 1. The van der Waals surface area contributed by atoms with Crippen LogP contribution in [0.1, 0.15) is 37.4 Å².